The normalized spacial score (nSPS) is 11.4. The first-order chi connectivity index (χ1) is 12.8. The fourth-order valence-corrected chi connectivity index (χ4v) is 2.94. The Morgan fingerprint density at radius 1 is 1.04 bits per heavy atom. The molecule has 5 heteroatoms. The van der Waals surface area contributed by atoms with E-state index < -0.39 is 0 Å². The standard InChI is InChI=1S/C21H25N5/c1-22-21(25(2)16-18-9-4-3-5-10-18)23-15-19-11-6-7-12-20(19)17-26-14-8-13-24-26/h3-14H,15-17H2,1-2H3,(H,22,23). The van der Waals surface area contributed by atoms with Crippen molar-refractivity contribution in [3.63, 3.8) is 0 Å². The first-order valence-electron chi connectivity index (χ1n) is 8.76. The van der Waals surface area contributed by atoms with Crippen molar-refractivity contribution in [2.24, 2.45) is 4.99 Å². The quantitative estimate of drug-likeness (QED) is 0.550. The number of aromatic nitrogens is 2. The van der Waals surface area contributed by atoms with Crippen molar-refractivity contribution in [3.8, 4) is 0 Å². The van der Waals surface area contributed by atoms with Crippen LogP contribution >= 0.6 is 0 Å². The van der Waals surface area contributed by atoms with E-state index in [4.69, 9.17) is 0 Å². The summed E-state index contributed by atoms with van der Waals surface area (Å²) in [4.78, 5) is 6.55. The highest BCUT2D eigenvalue weighted by Gasteiger charge is 2.08. The minimum Gasteiger partial charge on any atom is -0.352 e. The maximum atomic E-state index is 4.42. The van der Waals surface area contributed by atoms with Crippen LogP contribution in [0.1, 0.15) is 16.7 Å². The van der Waals surface area contributed by atoms with Gasteiger partial charge >= 0.3 is 0 Å². The summed E-state index contributed by atoms with van der Waals surface area (Å²) in [5.74, 6) is 0.878. The van der Waals surface area contributed by atoms with Gasteiger partial charge in [-0.1, -0.05) is 54.6 Å². The zero-order chi connectivity index (χ0) is 18.2. The Balaban J connectivity index is 1.63. The van der Waals surface area contributed by atoms with E-state index in [1.54, 1.807) is 6.20 Å². The molecule has 0 spiro atoms. The smallest absolute Gasteiger partial charge is 0.193 e. The van der Waals surface area contributed by atoms with Crippen LogP contribution in [-0.4, -0.2) is 34.7 Å². The second-order valence-corrected chi connectivity index (χ2v) is 6.21. The highest BCUT2D eigenvalue weighted by atomic mass is 15.3. The molecule has 0 atom stereocenters. The molecule has 5 nitrogen and oxygen atoms in total. The Hall–Kier alpha value is -3.08. The Morgan fingerprint density at radius 3 is 2.46 bits per heavy atom. The van der Waals surface area contributed by atoms with E-state index in [-0.39, 0.29) is 0 Å². The van der Waals surface area contributed by atoms with Gasteiger partial charge in [0.1, 0.15) is 0 Å². The Labute approximate surface area is 155 Å². The molecule has 2 aromatic carbocycles. The van der Waals surface area contributed by atoms with Gasteiger partial charge in [-0.15, -0.1) is 0 Å². The summed E-state index contributed by atoms with van der Waals surface area (Å²) in [6.45, 7) is 2.31. The third kappa shape index (κ3) is 4.72. The first-order valence-corrected chi connectivity index (χ1v) is 8.76. The monoisotopic (exact) mass is 347 g/mol. The third-order valence-corrected chi connectivity index (χ3v) is 4.28. The van der Waals surface area contributed by atoms with Gasteiger partial charge in [0.05, 0.1) is 6.54 Å². The van der Waals surface area contributed by atoms with Crippen LogP contribution < -0.4 is 5.32 Å². The molecule has 0 amide bonds. The summed E-state index contributed by atoms with van der Waals surface area (Å²) >= 11 is 0. The van der Waals surface area contributed by atoms with E-state index in [9.17, 15) is 0 Å². The van der Waals surface area contributed by atoms with E-state index in [1.807, 2.05) is 30.1 Å². The van der Waals surface area contributed by atoms with E-state index in [0.29, 0.717) is 0 Å². The zero-order valence-electron chi connectivity index (χ0n) is 15.3. The molecule has 0 saturated carbocycles. The minimum atomic E-state index is 0.725. The van der Waals surface area contributed by atoms with Gasteiger partial charge in [0.15, 0.2) is 5.96 Å². The van der Waals surface area contributed by atoms with Gasteiger partial charge < -0.3 is 10.2 Å². The molecule has 3 rings (SSSR count). The minimum absolute atomic E-state index is 0.725. The number of guanidine groups is 1. The van der Waals surface area contributed by atoms with Crippen LogP contribution in [0.5, 0.6) is 0 Å². The predicted octanol–water partition coefficient (Wildman–Crippen LogP) is 3.14. The lowest BCUT2D eigenvalue weighted by atomic mass is 10.1. The van der Waals surface area contributed by atoms with Crippen molar-refractivity contribution in [3.05, 3.63) is 89.7 Å². The van der Waals surface area contributed by atoms with Gasteiger partial charge in [-0.25, -0.2) is 0 Å². The van der Waals surface area contributed by atoms with E-state index in [0.717, 1.165) is 25.6 Å². The third-order valence-electron chi connectivity index (χ3n) is 4.28. The average molecular weight is 347 g/mol. The van der Waals surface area contributed by atoms with Crippen molar-refractivity contribution in [2.45, 2.75) is 19.6 Å². The molecule has 0 unspecified atom stereocenters. The molecule has 1 aromatic heterocycles. The molecule has 26 heavy (non-hydrogen) atoms. The van der Waals surface area contributed by atoms with Crippen molar-refractivity contribution in [1.29, 1.82) is 0 Å². The van der Waals surface area contributed by atoms with Crippen LogP contribution in [0.25, 0.3) is 0 Å². The molecule has 3 aromatic rings. The molecular weight excluding hydrogens is 322 g/mol. The van der Waals surface area contributed by atoms with Crippen LogP contribution in [-0.2, 0) is 19.6 Å². The zero-order valence-corrected chi connectivity index (χ0v) is 15.3. The number of rotatable bonds is 6. The molecule has 0 radical (unpaired) electrons. The molecule has 0 aliphatic rings. The highest BCUT2D eigenvalue weighted by molar-refractivity contribution is 5.79. The van der Waals surface area contributed by atoms with Crippen LogP contribution in [0.4, 0.5) is 0 Å². The highest BCUT2D eigenvalue weighted by Crippen LogP contribution is 2.11. The van der Waals surface area contributed by atoms with Crippen LogP contribution in [0.15, 0.2) is 78.0 Å². The van der Waals surface area contributed by atoms with Gasteiger partial charge in [-0.05, 0) is 22.8 Å². The number of benzene rings is 2. The molecule has 1 heterocycles. The molecular formula is C21H25N5. The average Bonchev–Trinajstić information content (AvgIpc) is 3.17. The lowest BCUT2D eigenvalue weighted by Gasteiger charge is -2.22. The van der Waals surface area contributed by atoms with Gasteiger partial charge in [-0.2, -0.15) is 5.10 Å². The maximum Gasteiger partial charge on any atom is 0.193 e. The number of nitrogens with zero attached hydrogens (tertiary/aromatic N) is 4. The summed E-state index contributed by atoms with van der Waals surface area (Å²) in [5.41, 5.74) is 3.76. The molecule has 0 bridgehead atoms. The molecule has 0 aliphatic heterocycles. The summed E-state index contributed by atoms with van der Waals surface area (Å²) in [6, 6.07) is 20.8. The van der Waals surface area contributed by atoms with Crippen molar-refractivity contribution in [1.82, 2.24) is 20.0 Å². The lowest BCUT2D eigenvalue weighted by Crippen LogP contribution is -2.38. The number of hydrogen-bond donors (Lipinski definition) is 1. The number of hydrogen-bond acceptors (Lipinski definition) is 2. The molecule has 0 saturated heterocycles. The summed E-state index contributed by atoms with van der Waals surface area (Å²) in [5, 5.41) is 7.78. The maximum absolute atomic E-state index is 4.42. The van der Waals surface area contributed by atoms with E-state index in [1.165, 1.54) is 16.7 Å². The largest absolute Gasteiger partial charge is 0.352 e. The Bertz CT molecular complexity index is 825. The molecule has 1 N–H and O–H groups in total. The fourth-order valence-electron chi connectivity index (χ4n) is 2.94. The van der Waals surface area contributed by atoms with Crippen LogP contribution in [0, 0.1) is 0 Å². The lowest BCUT2D eigenvalue weighted by molar-refractivity contribution is 0.476. The van der Waals surface area contributed by atoms with Crippen molar-refractivity contribution >= 4 is 5.96 Å². The summed E-state index contributed by atoms with van der Waals surface area (Å²) in [7, 11) is 3.87. The number of aliphatic imine (C=N–C) groups is 1. The van der Waals surface area contributed by atoms with Crippen LogP contribution in [0.3, 0.4) is 0 Å². The van der Waals surface area contributed by atoms with Gasteiger partial charge in [0.2, 0.25) is 0 Å². The van der Waals surface area contributed by atoms with E-state index in [2.05, 4.69) is 75.9 Å². The number of nitrogens with one attached hydrogen (secondary N) is 1. The van der Waals surface area contributed by atoms with Gasteiger partial charge in [0.25, 0.3) is 0 Å². The second kappa shape index (κ2) is 8.85. The van der Waals surface area contributed by atoms with Crippen LogP contribution in [0.2, 0.25) is 0 Å². The van der Waals surface area contributed by atoms with Crippen molar-refractivity contribution < 1.29 is 0 Å². The molecule has 134 valence electrons. The Kier molecular flexibility index (Phi) is 6.04. The van der Waals surface area contributed by atoms with Crippen molar-refractivity contribution in [2.75, 3.05) is 14.1 Å². The van der Waals surface area contributed by atoms with Gasteiger partial charge in [-0.3, -0.25) is 9.67 Å². The SMILES string of the molecule is CN=C(NCc1ccccc1Cn1cccn1)N(C)Cc1ccccc1. The Morgan fingerprint density at radius 2 is 1.77 bits per heavy atom. The van der Waals surface area contributed by atoms with E-state index >= 15 is 0 Å². The topological polar surface area (TPSA) is 45.5 Å². The van der Waals surface area contributed by atoms with Gasteiger partial charge in [0, 0.05) is 39.6 Å². The first kappa shape index (κ1) is 17.7. The second-order valence-electron chi connectivity index (χ2n) is 6.21. The fraction of sp³-hybridized carbons (Fsp3) is 0.238. The molecule has 0 aliphatic carbocycles. The molecule has 0 fully saturated rings. The summed E-state index contributed by atoms with van der Waals surface area (Å²) < 4.78 is 1.94. The summed E-state index contributed by atoms with van der Waals surface area (Å²) in [6.07, 6.45) is 3.79. The predicted molar refractivity (Wildman–Crippen MR) is 106 cm³/mol.